The molecule has 2 aliphatic heterocycles. The molecular weight excluding hydrogens is 792 g/mol. The number of imidazole rings is 2. The lowest BCUT2D eigenvalue weighted by Gasteiger charge is -2.30. The standard InChI is InChI=1S/C47H49FN8O6/c1-27(2)40(53-46(59)61-3)44(57)55-20-8-11-38(55)42-49-25-37(52-42)34-19-18-32-21-31(16-17-33(32)22-34)28-12-14-29(15-13-28)36-24-50-43(51-36)39-23-35(48)26-56(39)45(58)41(54-47(60)62-4)30-9-6-5-7-10-30/h5-7,9-10,12-19,21-22,24-25,27,35,38-41H,8,11,20,23,26H2,1-4H3,(H,49,52)(H,50,51)(H,53,59)(H,54,60)/t35-,38+,39+,40?,41-/m1/s1. The minimum Gasteiger partial charge on any atom is -0.453 e. The number of alkyl halides is 1. The Bertz CT molecular complexity index is 2580. The van der Waals surface area contributed by atoms with Gasteiger partial charge in [-0.15, -0.1) is 0 Å². The number of fused-ring (bicyclic) bond motifs is 1. The molecule has 2 saturated heterocycles. The van der Waals surface area contributed by atoms with Crippen molar-refractivity contribution in [3.05, 3.63) is 121 Å². The number of benzene rings is 4. The Kier molecular flexibility index (Phi) is 12.0. The van der Waals surface area contributed by atoms with Gasteiger partial charge in [-0.25, -0.2) is 23.9 Å². The van der Waals surface area contributed by atoms with Crippen molar-refractivity contribution in [1.82, 2.24) is 40.4 Å². The van der Waals surface area contributed by atoms with Gasteiger partial charge in [0.25, 0.3) is 5.91 Å². The molecule has 6 aromatic rings. The average Bonchev–Trinajstić information content (AvgIpc) is 4.14. The topological polar surface area (TPSA) is 175 Å². The van der Waals surface area contributed by atoms with Crippen LogP contribution in [0.1, 0.15) is 68.4 Å². The number of aromatic nitrogens is 4. The second-order valence-corrected chi connectivity index (χ2v) is 16.1. The normalized spacial score (nSPS) is 18.5. The lowest BCUT2D eigenvalue weighted by Crippen LogP contribution is -2.51. The number of amides is 4. The van der Waals surface area contributed by atoms with Gasteiger partial charge in [0, 0.05) is 18.5 Å². The van der Waals surface area contributed by atoms with Crippen LogP contribution in [0.3, 0.4) is 0 Å². The number of hydrogen-bond donors (Lipinski definition) is 4. The number of likely N-dealkylation sites (tertiary alicyclic amines) is 2. The van der Waals surface area contributed by atoms with Crippen molar-refractivity contribution in [3.8, 4) is 33.6 Å². The number of methoxy groups -OCH3 is 2. The van der Waals surface area contributed by atoms with E-state index in [9.17, 15) is 23.6 Å². The molecule has 2 aromatic heterocycles. The van der Waals surface area contributed by atoms with Crippen molar-refractivity contribution >= 4 is 34.8 Å². The number of carbonyl (C=O) groups excluding carboxylic acids is 4. The molecule has 15 heteroatoms. The Morgan fingerprint density at radius 1 is 0.710 bits per heavy atom. The first-order chi connectivity index (χ1) is 30.0. The Labute approximate surface area is 358 Å². The molecule has 0 bridgehead atoms. The third-order valence-electron chi connectivity index (χ3n) is 11.8. The van der Waals surface area contributed by atoms with Crippen LogP contribution in [0.4, 0.5) is 14.0 Å². The second kappa shape index (κ2) is 17.9. The Morgan fingerprint density at radius 3 is 1.95 bits per heavy atom. The molecule has 5 atom stereocenters. The van der Waals surface area contributed by atoms with E-state index in [1.165, 1.54) is 19.1 Å². The Balaban J connectivity index is 0.950. The number of halogens is 1. The summed E-state index contributed by atoms with van der Waals surface area (Å²) in [5, 5.41) is 7.43. The van der Waals surface area contributed by atoms with Gasteiger partial charge in [0.15, 0.2) is 0 Å². The molecule has 0 spiro atoms. The van der Waals surface area contributed by atoms with Gasteiger partial charge in [-0.2, -0.15) is 0 Å². The van der Waals surface area contributed by atoms with Gasteiger partial charge in [0.2, 0.25) is 5.91 Å². The highest BCUT2D eigenvalue weighted by Gasteiger charge is 2.42. The molecule has 2 fully saturated rings. The molecule has 14 nitrogen and oxygen atoms in total. The summed E-state index contributed by atoms with van der Waals surface area (Å²) in [5.41, 5.74) is 6.04. The van der Waals surface area contributed by atoms with Crippen LogP contribution in [0.5, 0.6) is 0 Å². The van der Waals surface area contributed by atoms with Gasteiger partial charge in [-0.3, -0.25) is 9.59 Å². The maximum absolute atomic E-state index is 15.0. The highest BCUT2D eigenvalue weighted by atomic mass is 19.1. The lowest BCUT2D eigenvalue weighted by atomic mass is 9.98. The molecule has 0 aliphatic carbocycles. The van der Waals surface area contributed by atoms with Crippen molar-refractivity contribution in [2.45, 2.75) is 63.4 Å². The molecule has 320 valence electrons. The van der Waals surface area contributed by atoms with Gasteiger partial charge in [0.1, 0.15) is 29.9 Å². The van der Waals surface area contributed by atoms with E-state index in [0.29, 0.717) is 23.8 Å². The van der Waals surface area contributed by atoms with Gasteiger partial charge < -0.3 is 39.9 Å². The van der Waals surface area contributed by atoms with Crippen molar-refractivity contribution in [3.63, 3.8) is 0 Å². The van der Waals surface area contributed by atoms with Crippen LogP contribution in [0.15, 0.2) is 103 Å². The fraction of sp³-hybridized carbons (Fsp3) is 0.319. The molecular formula is C47H49FN8O6. The van der Waals surface area contributed by atoms with Gasteiger partial charge >= 0.3 is 12.2 Å². The third-order valence-corrected chi connectivity index (χ3v) is 11.8. The van der Waals surface area contributed by atoms with E-state index < -0.39 is 42.4 Å². The van der Waals surface area contributed by atoms with E-state index >= 15 is 0 Å². The zero-order valence-corrected chi connectivity index (χ0v) is 34.9. The van der Waals surface area contributed by atoms with Crippen molar-refractivity contribution in [2.24, 2.45) is 5.92 Å². The van der Waals surface area contributed by atoms with E-state index in [-0.39, 0.29) is 30.8 Å². The molecule has 62 heavy (non-hydrogen) atoms. The summed E-state index contributed by atoms with van der Waals surface area (Å²) in [5.74, 6) is 0.449. The van der Waals surface area contributed by atoms with Crippen LogP contribution in [0.25, 0.3) is 44.4 Å². The van der Waals surface area contributed by atoms with Crippen LogP contribution < -0.4 is 10.6 Å². The van der Waals surface area contributed by atoms with E-state index in [0.717, 1.165) is 57.3 Å². The van der Waals surface area contributed by atoms with Crippen LogP contribution in [-0.4, -0.2) is 93.3 Å². The number of carbonyl (C=O) groups is 4. The summed E-state index contributed by atoms with van der Waals surface area (Å²) in [6, 6.07) is 26.8. The maximum atomic E-state index is 15.0. The number of nitrogens with zero attached hydrogens (tertiary/aromatic N) is 4. The quantitative estimate of drug-likeness (QED) is 0.101. The minimum atomic E-state index is -1.26. The fourth-order valence-corrected chi connectivity index (χ4v) is 8.50. The van der Waals surface area contributed by atoms with Gasteiger partial charge in [-0.05, 0) is 63.9 Å². The van der Waals surface area contributed by atoms with Crippen LogP contribution in [0.2, 0.25) is 0 Å². The third kappa shape index (κ3) is 8.60. The second-order valence-electron chi connectivity index (χ2n) is 16.1. The van der Waals surface area contributed by atoms with Crippen LogP contribution in [0, 0.1) is 5.92 Å². The first kappa shape index (κ1) is 41.7. The number of rotatable bonds is 11. The molecule has 4 heterocycles. The molecule has 4 aromatic carbocycles. The molecule has 4 amide bonds. The van der Waals surface area contributed by atoms with Crippen LogP contribution in [-0.2, 0) is 19.1 Å². The SMILES string of the molecule is COC(=O)NC(C(=O)N1CCC[C@H]1c1ncc(-c2ccc3cc(-c4ccc(-c5cnc([C@@H]6C[C@@H](F)CN6C(=O)[C@H](NC(=O)OC)c6ccccc6)[nH]5)cc4)ccc3c2)[nH]1)C(C)C. The predicted octanol–water partition coefficient (Wildman–Crippen LogP) is 8.04. The van der Waals surface area contributed by atoms with Crippen LogP contribution >= 0.6 is 0 Å². The summed E-state index contributed by atoms with van der Waals surface area (Å²) < 4.78 is 24.5. The fourth-order valence-electron chi connectivity index (χ4n) is 8.50. The summed E-state index contributed by atoms with van der Waals surface area (Å²) in [7, 11) is 2.51. The predicted molar refractivity (Wildman–Crippen MR) is 231 cm³/mol. The van der Waals surface area contributed by atoms with E-state index in [1.54, 1.807) is 41.6 Å². The smallest absolute Gasteiger partial charge is 0.407 e. The zero-order valence-electron chi connectivity index (χ0n) is 34.9. The number of H-pyrrole nitrogens is 2. The van der Waals surface area contributed by atoms with Gasteiger partial charge in [0.05, 0.1) is 56.6 Å². The van der Waals surface area contributed by atoms with Crippen molar-refractivity contribution in [2.75, 3.05) is 27.3 Å². The number of aromatic amines is 2. The lowest BCUT2D eigenvalue weighted by molar-refractivity contribution is -0.136. The summed E-state index contributed by atoms with van der Waals surface area (Å²) >= 11 is 0. The van der Waals surface area contributed by atoms with E-state index in [1.807, 2.05) is 44.2 Å². The number of nitrogens with one attached hydrogen (secondary N) is 4. The van der Waals surface area contributed by atoms with E-state index in [2.05, 4.69) is 62.0 Å². The molecule has 0 saturated carbocycles. The Morgan fingerprint density at radius 2 is 1.29 bits per heavy atom. The first-order valence-electron chi connectivity index (χ1n) is 20.7. The molecule has 2 aliphatic rings. The number of ether oxygens (including phenoxy) is 2. The minimum absolute atomic E-state index is 0.0724. The molecule has 4 N–H and O–H groups in total. The highest BCUT2D eigenvalue weighted by Crippen LogP contribution is 2.37. The monoisotopic (exact) mass is 840 g/mol. The zero-order chi connectivity index (χ0) is 43.5. The largest absolute Gasteiger partial charge is 0.453 e. The molecule has 0 radical (unpaired) electrons. The number of hydrogen-bond acceptors (Lipinski definition) is 8. The van der Waals surface area contributed by atoms with Gasteiger partial charge in [-0.1, -0.05) is 92.7 Å². The highest BCUT2D eigenvalue weighted by molar-refractivity contribution is 5.91. The summed E-state index contributed by atoms with van der Waals surface area (Å²) in [6.45, 7) is 4.24. The molecule has 1 unspecified atom stereocenters. The van der Waals surface area contributed by atoms with Crippen molar-refractivity contribution < 1.29 is 33.0 Å². The molecule has 8 rings (SSSR count). The summed E-state index contributed by atoms with van der Waals surface area (Å²) in [6.07, 6.45) is 2.51. The first-order valence-corrected chi connectivity index (χ1v) is 20.7. The summed E-state index contributed by atoms with van der Waals surface area (Å²) in [4.78, 5) is 71.0. The number of alkyl carbamates (subject to hydrolysis) is 2. The Hall–Kier alpha value is -7.03. The maximum Gasteiger partial charge on any atom is 0.407 e. The van der Waals surface area contributed by atoms with Crippen molar-refractivity contribution in [1.29, 1.82) is 0 Å². The average molecular weight is 841 g/mol. The van der Waals surface area contributed by atoms with E-state index in [4.69, 9.17) is 14.5 Å².